The molecule has 0 aliphatic heterocycles. The predicted molar refractivity (Wildman–Crippen MR) is 120 cm³/mol. The quantitative estimate of drug-likeness (QED) is 0.390. The van der Waals surface area contributed by atoms with Gasteiger partial charge in [0.15, 0.2) is 0 Å². The number of hydrogen-bond acceptors (Lipinski definition) is 0. The molecular formula is C27H26. The first-order valence-corrected chi connectivity index (χ1v) is 9.37. The van der Waals surface area contributed by atoms with Gasteiger partial charge in [-0.3, -0.25) is 0 Å². The minimum absolute atomic E-state index is 0.209. The molecule has 0 amide bonds. The van der Waals surface area contributed by atoms with Crippen molar-refractivity contribution in [1.29, 1.82) is 0 Å². The van der Waals surface area contributed by atoms with Crippen LogP contribution >= 0.6 is 0 Å². The molecule has 3 rings (SSSR count). The summed E-state index contributed by atoms with van der Waals surface area (Å²) in [5.41, 5.74) is 7.04. The third-order valence-corrected chi connectivity index (χ3v) is 5.45. The van der Waals surface area contributed by atoms with Crippen molar-refractivity contribution < 1.29 is 0 Å². The number of rotatable bonds is 7. The van der Waals surface area contributed by atoms with Gasteiger partial charge in [-0.1, -0.05) is 118 Å². The second kappa shape index (κ2) is 8.05. The van der Waals surface area contributed by atoms with E-state index < -0.39 is 0 Å². The van der Waals surface area contributed by atoms with Gasteiger partial charge in [-0.2, -0.15) is 0 Å². The average Bonchev–Trinajstić information content (AvgIpc) is 2.76. The van der Waals surface area contributed by atoms with Crippen LogP contribution in [0.4, 0.5) is 0 Å². The highest BCUT2D eigenvalue weighted by molar-refractivity contribution is 5.57. The Balaban J connectivity index is 2.25. The van der Waals surface area contributed by atoms with Crippen LogP contribution in [0.25, 0.3) is 18.2 Å². The summed E-state index contributed by atoms with van der Waals surface area (Å²) in [6, 6.07) is 26.2. The van der Waals surface area contributed by atoms with Crippen molar-refractivity contribution >= 4 is 18.2 Å². The van der Waals surface area contributed by atoms with E-state index in [1.165, 1.54) is 16.7 Å². The minimum Gasteiger partial charge on any atom is -0.0985 e. The average molecular weight is 351 g/mol. The lowest BCUT2D eigenvalue weighted by Gasteiger charge is -2.35. The molecule has 3 aromatic carbocycles. The fourth-order valence-electron chi connectivity index (χ4n) is 3.82. The zero-order valence-electron chi connectivity index (χ0n) is 16.0. The second-order valence-corrected chi connectivity index (χ2v) is 6.74. The van der Waals surface area contributed by atoms with Gasteiger partial charge < -0.3 is 0 Å². The molecule has 27 heavy (non-hydrogen) atoms. The predicted octanol–water partition coefficient (Wildman–Crippen LogP) is 7.36. The van der Waals surface area contributed by atoms with Gasteiger partial charge in [-0.25, -0.2) is 0 Å². The largest absolute Gasteiger partial charge is 0.0985 e. The van der Waals surface area contributed by atoms with Gasteiger partial charge in [0.1, 0.15) is 0 Å². The Bertz CT molecular complexity index is 798. The summed E-state index contributed by atoms with van der Waals surface area (Å²) >= 11 is 0. The van der Waals surface area contributed by atoms with Crippen LogP contribution in [0.2, 0.25) is 0 Å². The minimum atomic E-state index is -0.209. The van der Waals surface area contributed by atoms with Crippen LogP contribution < -0.4 is 0 Å². The Hall–Kier alpha value is -3.12. The maximum atomic E-state index is 3.88. The van der Waals surface area contributed by atoms with E-state index in [1.54, 1.807) is 0 Å². The van der Waals surface area contributed by atoms with Crippen LogP contribution in [-0.4, -0.2) is 0 Å². The van der Waals surface area contributed by atoms with E-state index >= 15 is 0 Å². The Kier molecular flexibility index (Phi) is 5.57. The van der Waals surface area contributed by atoms with Gasteiger partial charge >= 0.3 is 0 Å². The highest BCUT2D eigenvalue weighted by Gasteiger charge is 2.34. The maximum absolute atomic E-state index is 3.88. The molecule has 134 valence electrons. The Morgan fingerprint density at radius 3 is 1.00 bits per heavy atom. The molecule has 0 aromatic heterocycles. The van der Waals surface area contributed by atoms with Crippen LogP contribution in [0.3, 0.4) is 0 Å². The van der Waals surface area contributed by atoms with Crippen molar-refractivity contribution in [1.82, 2.24) is 0 Å². The molecule has 0 aliphatic rings. The van der Waals surface area contributed by atoms with Crippen LogP contribution in [-0.2, 0) is 5.41 Å². The molecule has 0 atom stereocenters. The van der Waals surface area contributed by atoms with Crippen LogP contribution in [0.1, 0.15) is 46.7 Å². The highest BCUT2D eigenvalue weighted by atomic mass is 14.4. The van der Waals surface area contributed by atoms with E-state index in [9.17, 15) is 0 Å². The maximum Gasteiger partial charge on any atom is 0.0448 e. The third-order valence-electron chi connectivity index (χ3n) is 5.45. The molecule has 3 aromatic rings. The number of hydrogen-bond donors (Lipinski definition) is 0. The van der Waals surface area contributed by atoms with Gasteiger partial charge in [-0.15, -0.1) is 0 Å². The zero-order valence-corrected chi connectivity index (χ0v) is 16.0. The molecule has 0 saturated heterocycles. The molecule has 0 heteroatoms. The Labute approximate surface area is 163 Å². The van der Waals surface area contributed by atoms with Crippen LogP contribution in [0.5, 0.6) is 0 Å². The first kappa shape index (κ1) is 18.7. The van der Waals surface area contributed by atoms with Crippen LogP contribution in [0.15, 0.2) is 92.5 Å². The third kappa shape index (κ3) is 3.44. The van der Waals surface area contributed by atoms with Gasteiger partial charge in [0.25, 0.3) is 0 Å². The molecule has 0 fully saturated rings. The summed E-state index contributed by atoms with van der Waals surface area (Å²) < 4.78 is 0. The molecule has 0 bridgehead atoms. The zero-order chi connectivity index (χ0) is 19.3. The molecule has 0 N–H and O–H groups in total. The van der Waals surface area contributed by atoms with Gasteiger partial charge in [0.2, 0.25) is 0 Å². The SMILES string of the molecule is C=Cc1ccc(C(CC)(c2ccc(C=C)cc2)c2ccc(C=C)cc2)cc1. The molecular weight excluding hydrogens is 324 g/mol. The topological polar surface area (TPSA) is 0 Å². The fraction of sp³-hybridized carbons (Fsp3) is 0.111. The lowest BCUT2D eigenvalue weighted by Crippen LogP contribution is -2.28. The smallest absolute Gasteiger partial charge is 0.0448 e. The second-order valence-electron chi connectivity index (χ2n) is 6.74. The number of benzene rings is 3. The van der Waals surface area contributed by atoms with Crippen LogP contribution in [0, 0.1) is 0 Å². The van der Waals surface area contributed by atoms with Crippen molar-refractivity contribution in [3.8, 4) is 0 Å². The van der Waals surface area contributed by atoms with E-state index in [4.69, 9.17) is 0 Å². The van der Waals surface area contributed by atoms with Crippen molar-refractivity contribution in [2.45, 2.75) is 18.8 Å². The van der Waals surface area contributed by atoms with Gasteiger partial charge in [-0.05, 0) is 39.8 Å². The monoisotopic (exact) mass is 350 g/mol. The molecule has 0 heterocycles. The summed E-state index contributed by atoms with van der Waals surface area (Å²) in [7, 11) is 0. The van der Waals surface area contributed by atoms with E-state index in [-0.39, 0.29) is 5.41 Å². The first-order valence-electron chi connectivity index (χ1n) is 9.37. The molecule has 0 saturated carbocycles. The lowest BCUT2D eigenvalue weighted by molar-refractivity contribution is 0.593. The van der Waals surface area contributed by atoms with E-state index in [2.05, 4.69) is 99.5 Å². The van der Waals surface area contributed by atoms with E-state index in [0.29, 0.717) is 0 Å². The standard InChI is InChI=1S/C27H26/c1-5-21-9-15-24(16-10-21)27(8-4,25-17-11-22(6-2)12-18-25)26-19-13-23(7-3)14-20-26/h5-7,9-20H,1-3,8H2,4H3. The fourth-order valence-corrected chi connectivity index (χ4v) is 3.82. The van der Waals surface area contributed by atoms with E-state index in [0.717, 1.165) is 23.1 Å². The summed E-state index contributed by atoms with van der Waals surface area (Å²) in [5.74, 6) is 0. The molecule has 0 aliphatic carbocycles. The summed E-state index contributed by atoms with van der Waals surface area (Å²) in [4.78, 5) is 0. The molecule has 0 unspecified atom stereocenters. The summed E-state index contributed by atoms with van der Waals surface area (Å²) in [6.45, 7) is 13.9. The molecule has 0 nitrogen and oxygen atoms in total. The van der Waals surface area contributed by atoms with Crippen molar-refractivity contribution in [3.05, 3.63) is 126 Å². The first-order chi connectivity index (χ1) is 13.2. The molecule has 0 radical (unpaired) electrons. The Morgan fingerprint density at radius 1 is 0.556 bits per heavy atom. The van der Waals surface area contributed by atoms with Gasteiger partial charge in [0, 0.05) is 5.41 Å². The van der Waals surface area contributed by atoms with Crippen molar-refractivity contribution in [2.24, 2.45) is 0 Å². The van der Waals surface area contributed by atoms with E-state index in [1.807, 2.05) is 18.2 Å². The highest BCUT2D eigenvalue weighted by Crippen LogP contribution is 2.42. The summed E-state index contributed by atoms with van der Waals surface area (Å²) in [6.07, 6.45) is 6.61. The summed E-state index contributed by atoms with van der Waals surface area (Å²) in [5, 5.41) is 0. The normalized spacial score (nSPS) is 11.0. The molecule has 0 spiro atoms. The Morgan fingerprint density at radius 2 is 0.815 bits per heavy atom. The van der Waals surface area contributed by atoms with Crippen molar-refractivity contribution in [2.75, 3.05) is 0 Å². The van der Waals surface area contributed by atoms with Gasteiger partial charge in [0.05, 0.1) is 0 Å². The lowest BCUT2D eigenvalue weighted by atomic mass is 9.67. The van der Waals surface area contributed by atoms with Crippen molar-refractivity contribution in [3.63, 3.8) is 0 Å².